The van der Waals surface area contributed by atoms with Gasteiger partial charge < -0.3 is 9.64 Å². The quantitative estimate of drug-likeness (QED) is 0.884. The molecule has 1 atom stereocenters. The second-order valence-electron chi connectivity index (χ2n) is 5.43. The van der Waals surface area contributed by atoms with Crippen molar-refractivity contribution in [3.8, 4) is 5.75 Å². The first kappa shape index (κ1) is 15.7. The second kappa shape index (κ2) is 7.37. The normalized spacial score (nSPS) is 16.5. The number of hydrogen-bond donors (Lipinski definition) is 1. The number of aryl methyl sites for hydroxylation is 1. The first-order valence-electron chi connectivity index (χ1n) is 7.51. The number of nitrogens with zero attached hydrogens (tertiary/aromatic N) is 2. The number of carbonyl (C=O) groups excluding carboxylic acids is 1. The smallest absolute Gasteiger partial charge is 0.265 e. The van der Waals surface area contributed by atoms with E-state index in [1.165, 1.54) is 0 Å². The Morgan fingerprint density at radius 1 is 1.43 bits per heavy atom. The molecule has 5 nitrogen and oxygen atoms in total. The van der Waals surface area contributed by atoms with Crippen LogP contribution >= 0.6 is 11.8 Å². The lowest BCUT2D eigenvalue weighted by Crippen LogP contribution is -2.39. The number of rotatable bonds is 6. The molecule has 1 aromatic carbocycles. The zero-order valence-corrected chi connectivity index (χ0v) is 13.8. The molecule has 23 heavy (non-hydrogen) atoms. The molecule has 0 saturated carbocycles. The third kappa shape index (κ3) is 4.16. The molecule has 2 aromatic rings. The molecule has 0 spiro atoms. The van der Waals surface area contributed by atoms with E-state index in [0.29, 0.717) is 17.5 Å². The number of nitrogens with one attached hydrogen (secondary N) is 1. The van der Waals surface area contributed by atoms with Gasteiger partial charge >= 0.3 is 0 Å². The molecule has 0 saturated heterocycles. The Kier molecular flexibility index (Phi) is 5.02. The van der Waals surface area contributed by atoms with Crippen molar-refractivity contribution in [1.29, 1.82) is 0 Å². The highest BCUT2D eigenvalue weighted by atomic mass is 32.2. The van der Waals surface area contributed by atoms with Crippen LogP contribution in [0.4, 0.5) is 5.69 Å². The van der Waals surface area contributed by atoms with Crippen LogP contribution in [0.3, 0.4) is 0 Å². The maximum atomic E-state index is 12.6. The standard InChI is InChI=1S/C17H19N3O2S/c1-13-4-6-15(7-5-13)22-12-17(21)20(14-9-18-19-10-14)11-16-3-2-8-23-16/h2,4-10,16H,3,11-12H2,1H3,(H,18,19). The van der Waals surface area contributed by atoms with E-state index < -0.39 is 0 Å². The van der Waals surface area contributed by atoms with Crippen molar-refractivity contribution in [2.45, 2.75) is 18.6 Å². The molecule has 1 aliphatic rings. The lowest BCUT2D eigenvalue weighted by Gasteiger charge is -2.24. The number of ether oxygens (including phenoxy) is 1. The minimum Gasteiger partial charge on any atom is -0.484 e. The molecular formula is C17H19N3O2S. The molecule has 0 aliphatic carbocycles. The summed E-state index contributed by atoms with van der Waals surface area (Å²) in [5, 5.41) is 9.18. The van der Waals surface area contributed by atoms with Crippen LogP contribution in [-0.4, -0.2) is 34.5 Å². The number of benzene rings is 1. The van der Waals surface area contributed by atoms with Crippen molar-refractivity contribution in [3.63, 3.8) is 0 Å². The molecule has 3 rings (SSSR count). The van der Waals surface area contributed by atoms with Crippen molar-refractivity contribution in [1.82, 2.24) is 10.2 Å². The SMILES string of the molecule is Cc1ccc(OCC(=O)N(CC2CC=CS2)c2cn[nH]c2)cc1. The van der Waals surface area contributed by atoms with Gasteiger partial charge in [-0.25, -0.2) is 0 Å². The number of aromatic nitrogens is 2. The van der Waals surface area contributed by atoms with Gasteiger partial charge in [-0.1, -0.05) is 23.8 Å². The lowest BCUT2D eigenvalue weighted by atomic mass is 10.2. The van der Waals surface area contributed by atoms with E-state index >= 15 is 0 Å². The first-order chi connectivity index (χ1) is 11.2. The Hall–Kier alpha value is -2.21. The highest BCUT2D eigenvalue weighted by Gasteiger charge is 2.22. The summed E-state index contributed by atoms with van der Waals surface area (Å²) >= 11 is 1.76. The molecule has 1 amide bonds. The van der Waals surface area contributed by atoms with Crippen LogP contribution < -0.4 is 9.64 Å². The highest BCUT2D eigenvalue weighted by molar-refractivity contribution is 8.03. The van der Waals surface area contributed by atoms with E-state index in [-0.39, 0.29) is 12.5 Å². The van der Waals surface area contributed by atoms with Gasteiger partial charge in [0.1, 0.15) is 5.75 Å². The van der Waals surface area contributed by atoms with Crippen molar-refractivity contribution >= 4 is 23.4 Å². The number of carbonyl (C=O) groups is 1. The highest BCUT2D eigenvalue weighted by Crippen LogP contribution is 2.26. The zero-order valence-electron chi connectivity index (χ0n) is 12.9. The number of hydrogen-bond acceptors (Lipinski definition) is 4. The van der Waals surface area contributed by atoms with Gasteiger partial charge in [-0.15, -0.1) is 11.8 Å². The van der Waals surface area contributed by atoms with Crippen molar-refractivity contribution in [2.75, 3.05) is 18.1 Å². The Balaban J connectivity index is 1.63. The first-order valence-corrected chi connectivity index (χ1v) is 8.46. The second-order valence-corrected chi connectivity index (χ2v) is 6.64. The Morgan fingerprint density at radius 2 is 2.26 bits per heavy atom. The monoisotopic (exact) mass is 329 g/mol. The molecule has 2 heterocycles. The fourth-order valence-corrected chi connectivity index (χ4v) is 3.25. The number of amides is 1. The molecule has 1 aromatic heterocycles. The summed E-state index contributed by atoms with van der Waals surface area (Å²) in [6.45, 7) is 2.68. The fourth-order valence-electron chi connectivity index (χ4n) is 2.35. The minimum absolute atomic E-state index is 0.0130. The Labute approximate surface area is 139 Å². The van der Waals surface area contributed by atoms with Crippen molar-refractivity contribution in [2.24, 2.45) is 0 Å². The predicted molar refractivity (Wildman–Crippen MR) is 92.8 cm³/mol. The van der Waals surface area contributed by atoms with Crippen LogP contribution in [0.5, 0.6) is 5.75 Å². The van der Waals surface area contributed by atoms with Gasteiger partial charge in [-0.05, 0) is 30.9 Å². The van der Waals surface area contributed by atoms with Gasteiger partial charge in [0.05, 0.1) is 11.9 Å². The number of allylic oxidation sites excluding steroid dienone is 1. The summed E-state index contributed by atoms with van der Waals surface area (Å²) in [4.78, 5) is 14.3. The van der Waals surface area contributed by atoms with E-state index in [1.54, 1.807) is 29.1 Å². The third-order valence-electron chi connectivity index (χ3n) is 3.63. The number of H-pyrrole nitrogens is 1. The van der Waals surface area contributed by atoms with Crippen molar-refractivity contribution < 1.29 is 9.53 Å². The van der Waals surface area contributed by atoms with Crippen LogP contribution in [0.15, 0.2) is 48.1 Å². The molecule has 1 aliphatic heterocycles. The Bertz CT molecular complexity index is 660. The van der Waals surface area contributed by atoms with E-state index in [9.17, 15) is 4.79 Å². The Morgan fingerprint density at radius 3 is 2.91 bits per heavy atom. The van der Waals surface area contributed by atoms with E-state index in [0.717, 1.165) is 17.7 Å². The molecular weight excluding hydrogens is 310 g/mol. The molecule has 6 heteroatoms. The fraction of sp³-hybridized carbons (Fsp3) is 0.294. The zero-order chi connectivity index (χ0) is 16.1. The molecule has 0 bridgehead atoms. The van der Waals surface area contributed by atoms with Gasteiger partial charge in [0, 0.05) is 18.0 Å². The van der Waals surface area contributed by atoms with Gasteiger partial charge in [0.25, 0.3) is 5.91 Å². The average Bonchev–Trinajstić information content (AvgIpc) is 3.25. The average molecular weight is 329 g/mol. The van der Waals surface area contributed by atoms with Crippen LogP contribution in [0.25, 0.3) is 0 Å². The predicted octanol–water partition coefficient (Wildman–Crippen LogP) is 3.15. The van der Waals surface area contributed by atoms with E-state index in [2.05, 4.69) is 21.7 Å². The summed E-state index contributed by atoms with van der Waals surface area (Å²) < 4.78 is 5.62. The molecule has 120 valence electrons. The maximum absolute atomic E-state index is 12.6. The number of thioether (sulfide) groups is 1. The molecule has 0 fully saturated rings. The lowest BCUT2D eigenvalue weighted by molar-refractivity contribution is -0.120. The minimum atomic E-state index is -0.0699. The van der Waals surface area contributed by atoms with Crippen LogP contribution in [-0.2, 0) is 4.79 Å². The summed E-state index contributed by atoms with van der Waals surface area (Å²) in [7, 11) is 0. The largest absolute Gasteiger partial charge is 0.484 e. The van der Waals surface area contributed by atoms with Crippen LogP contribution in [0.1, 0.15) is 12.0 Å². The van der Waals surface area contributed by atoms with Gasteiger partial charge in [-0.2, -0.15) is 5.10 Å². The van der Waals surface area contributed by atoms with Crippen molar-refractivity contribution in [3.05, 3.63) is 53.7 Å². The van der Waals surface area contributed by atoms with Gasteiger partial charge in [-0.3, -0.25) is 9.89 Å². The summed E-state index contributed by atoms with van der Waals surface area (Å²) in [5.74, 6) is 0.632. The van der Waals surface area contributed by atoms with Gasteiger partial charge in [0.15, 0.2) is 6.61 Å². The molecule has 1 N–H and O–H groups in total. The topological polar surface area (TPSA) is 58.2 Å². The van der Waals surface area contributed by atoms with Crippen LogP contribution in [0, 0.1) is 6.92 Å². The van der Waals surface area contributed by atoms with Gasteiger partial charge in [0.2, 0.25) is 0 Å². The third-order valence-corrected chi connectivity index (χ3v) is 4.71. The number of anilines is 1. The van der Waals surface area contributed by atoms with E-state index in [4.69, 9.17) is 4.74 Å². The maximum Gasteiger partial charge on any atom is 0.265 e. The molecule has 0 radical (unpaired) electrons. The van der Waals surface area contributed by atoms with Crippen LogP contribution in [0.2, 0.25) is 0 Å². The summed E-state index contributed by atoms with van der Waals surface area (Å²) in [6, 6.07) is 7.69. The summed E-state index contributed by atoms with van der Waals surface area (Å²) in [6.07, 6.45) is 6.51. The summed E-state index contributed by atoms with van der Waals surface area (Å²) in [5.41, 5.74) is 1.93. The molecule has 1 unspecified atom stereocenters. The van der Waals surface area contributed by atoms with E-state index in [1.807, 2.05) is 31.2 Å². The number of aromatic amines is 1.